The lowest BCUT2D eigenvalue weighted by Gasteiger charge is -2.13. The fourth-order valence-corrected chi connectivity index (χ4v) is 1.35. The van der Waals surface area contributed by atoms with Gasteiger partial charge in [0.2, 0.25) is 0 Å². The fraction of sp³-hybridized carbons (Fsp3) is 0.364. The summed E-state index contributed by atoms with van der Waals surface area (Å²) < 4.78 is 5.22. The van der Waals surface area contributed by atoms with Crippen LogP contribution in [0.15, 0.2) is 18.2 Å². The molecule has 7 nitrogen and oxygen atoms in total. The van der Waals surface area contributed by atoms with Gasteiger partial charge in [0.05, 0.1) is 11.5 Å². The number of aliphatic hydroxyl groups excluding tert-OH is 1. The Morgan fingerprint density at radius 1 is 1.61 bits per heavy atom. The van der Waals surface area contributed by atoms with Crippen molar-refractivity contribution in [3.63, 3.8) is 0 Å². The Labute approximate surface area is 104 Å². The van der Waals surface area contributed by atoms with Gasteiger partial charge in [0.15, 0.2) is 11.9 Å². The molecule has 0 aliphatic rings. The van der Waals surface area contributed by atoms with E-state index in [1.165, 1.54) is 32.2 Å². The van der Waals surface area contributed by atoms with Crippen molar-refractivity contribution in [1.29, 1.82) is 0 Å². The van der Waals surface area contributed by atoms with Gasteiger partial charge in [0, 0.05) is 13.1 Å². The first-order valence-corrected chi connectivity index (χ1v) is 5.26. The maximum atomic E-state index is 11.3. The lowest BCUT2D eigenvalue weighted by atomic mass is 10.2. The molecule has 2 N–H and O–H groups in total. The van der Waals surface area contributed by atoms with Crippen LogP contribution in [0.1, 0.15) is 12.5 Å². The molecule has 1 amide bonds. The van der Waals surface area contributed by atoms with Gasteiger partial charge >= 0.3 is 5.69 Å². The summed E-state index contributed by atoms with van der Waals surface area (Å²) in [5, 5.41) is 22.2. The molecule has 98 valence electrons. The van der Waals surface area contributed by atoms with Gasteiger partial charge in [-0.25, -0.2) is 0 Å². The predicted molar refractivity (Wildman–Crippen MR) is 63.2 cm³/mol. The van der Waals surface area contributed by atoms with Crippen molar-refractivity contribution in [1.82, 2.24) is 5.32 Å². The average Bonchev–Trinajstić information content (AvgIpc) is 2.37. The normalized spacial score (nSPS) is 11.7. The first-order chi connectivity index (χ1) is 8.49. The van der Waals surface area contributed by atoms with E-state index in [2.05, 4.69) is 5.32 Å². The van der Waals surface area contributed by atoms with Crippen LogP contribution in [0.25, 0.3) is 0 Å². The van der Waals surface area contributed by atoms with Crippen molar-refractivity contribution in [3.05, 3.63) is 33.9 Å². The maximum absolute atomic E-state index is 11.3. The summed E-state index contributed by atoms with van der Waals surface area (Å²) in [4.78, 5) is 21.5. The van der Waals surface area contributed by atoms with E-state index in [0.717, 1.165) is 0 Å². The van der Waals surface area contributed by atoms with Crippen molar-refractivity contribution in [2.75, 3.05) is 7.05 Å². The van der Waals surface area contributed by atoms with E-state index in [4.69, 9.17) is 9.84 Å². The molecule has 1 aromatic carbocycles. The lowest BCUT2D eigenvalue weighted by molar-refractivity contribution is -0.386. The largest absolute Gasteiger partial charge is 0.474 e. The molecule has 0 aliphatic carbocycles. The molecule has 1 atom stereocenters. The highest BCUT2D eigenvalue weighted by molar-refractivity contribution is 5.80. The summed E-state index contributed by atoms with van der Waals surface area (Å²) in [7, 11) is 1.45. The molecular weight excluding hydrogens is 240 g/mol. The summed E-state index contributed by atoms with van der Waals surface area (Å²) in [6.45, 7) is 1.19. The van der Waals surface area contributed by atoms with Gasteiger partial charge < -0.3 is 15.2 Å². The Bertz CT molecular complexity index is 461. The van der Waals surface area contributed by atoms with Gasteiger partial charge in [0.1, 0.15) is 0 Å². The zero-order chi connectivity index (χ0) is 13.7. The minimum atomic E-state index is -0.839. The summed E-state index contributed by atoms with van der Waals surface area (Å²) in [5.74, 6) is -0.385. The SMILES string of the molecule is CNC(=O)C(C)Oc1ccc(CO)cc1[N+](=O)[O-]. The fourth-order valence-electron chi connectivity index (χ4n) is 1.35. The predicted octanol–water partition coefficient (Wildman–Crippen LogP) is 0.600. The van der Waals surface area contributed by atoms with Crippen molar-refractivity contribution in [2.45, 2.75) is 19.6 Å². The molecular formula is C11H14N2O5. The Morgan fingerprint density at radius 2 is 2.28 bits per heavy atom. The molecule has 1 aromatic rings. The number of hydrogen-bond donors (Lipinski definition) is 2. The topological polar surface area (TPSA) is 102 Å². The van der Waals surface area contributed by atoms with E-state index >= 15 is 0 Å². The lowest BCUT2D eigenvalue weighted by Crippen LogP contribution is -2.33. The Balaban J connectivity index is 3.01. The van der Waals surface area contributed by atoms with Crippen LogP contribution in [0.4, 0.5) is 5.69 Å². The molecule has 0 radical (unpaired) electrons. The number of benzene rings is 1. The monoisotopic (exact) mass is 254 g/mol. The average molecular weight is 254 g/mol. The number of carbonyl (C=O) groups excluding carboxylic acids is 1. The van der Waals surface area contributed by atoms with E-state index in [-0.39, 0.29) is 24.0 Å². The van der Waals surface area contributed by atoms with Gasteiger partial charge in [0.25, 0.3) is 5.91 Å². The van der Waals surface area contributed by atoms with Crippen LogP contribution in [-0.2, 0) is 11.4 Å². The third-order valence-corrected chi connectivity index (χ3v) is 2.32. The highest BCUT2D eigenvalue weighted by Crippen LogP contribution is 2.28. The Hall–Kier alpha value is -2.15. The standard InChI is InChI=1S/C11H14N2O5/c1-7(11(15)12-2)18-10-4-3-8(6-14)5-9(10)13(16)17/h3-5,7,14H,6H2,1-2H3,(H,12,15). The molecule has 0 saturated carbocycles. The highest BCUT2D eigenvalue weighted by atomic mass is 16.6. The van der Waals surface area contributed by atoms with Gasteiger partial charge in [-0.3, -0.25) is 14.9 Å². The number of nitrogens with zero attached hydrogens (tertiary/aromatic N) is 1. The van der Waals surface area contributed by atoms with Gasteiger partial charge in [-0.15, -0.1) is 0 Å². The zero-order valence-corrected chi connectivity index (χ0v) is 10.0. The molecule has 0 bridgehead atoms. The molecule has 0 heterocycles. The molecule has 0 spiro atoms. The Morgan fingerprint density at radius 3 is 2.78 bits per heavy atom. The number of aliphatic hydroxyl groups is 1. The first kappa shape index (κ1) is 13.9. The number of likely N-dealkylation sites (N-methyl/N-ethyl adjacent to an activating group) is 1. The minimum absolute atomic E-state index is 0.00620. The maximum Gasteiger partial charge on any atom is 0.311 e. The second kappa shape index (κ2) is 5.97. The summed E-state index contributed by atoms with van der Waals surface area (Å²) in [5.41, 5.74) is 0.124. The van der Waals surface area contributed by atoms with E-state index in [0.29, 0.717) is 5.56 Å². The number of nitro benzene ring substituents is 1. The Kier molecular flexibility index (Phi) is 4.61. The van der Waals surface area contributed by atoms with Crippen molar-refractivity contribution in [2.24, 2.45) is 0 Å². The van der Waals surface area contributed by atoms with Gasteiger partial charge in [-0.05, 0) is 18.6 Å². The number of carbonyl (C=O) groups is 1. The molecule has 7 heteroatoms. The third kappa shape index (κ3) is 3.17. The molecule has 1 unspecified atom stereocenters. The smallest absolute Gasteiger partial charge is 0.311 e. The first-order valence-electron chi connectivity index (χ1n) is 5.26. The number of rotatable bonds is 5. The van der Waals surface area contributed by atoms with Crippen LogP contribution < -0.4 is 10.1 Å². The molecule has 1 rings (SSSR count). The number of amides is 1. The number of hydrogen-bond acceptors (Lipinski definition) is 5. The van der Waals surface area contributed by atoms with Crippen LogP contribution in [-0.4, -0.2) is 29.1 Å². The second-order valence-electron chi connectivity index (χ2n) is 3.59. The quantitative estimate of drug-likeness (QED) is 0.591. The summed E-state index contributed by atoms with van der Waals surface area (Å²) >= 11 is 0. The minimum Gasteiger partial charge on any atom is -0.474 e. The number of nitro groups is 1. The van der Waals surface area contributed by atoms with Gasteiger partial charge in [-0.2, -0.15) is 0 Å². The van der Waals surface area contributed by atoms with E-state index in [9.17, 15) is 14.9 Å². The summed E-state index contributed by atoms with van der Waals surface area (Å²) in [6.07, 6.45) is -0.839. The molecule has 0 fully saturated rings. The van der Waals surface area contributed by atoms with Crippen molar-refractivity contribution in [3.8, 4) is 5.75 Å². The van der Waals surface area contributed by atoms with E-state index in [1.807, 2.05) is 0 Å². The molecule has 18 heavy (non-hydrogen) atoms. The van der Waals surface area contributed by atoms with Crippen LogP contribution in [0.2, 0.25) is 0 Å². The van der Waals surface area contributed by atoms with E-state index in [1.54, 1.807) is 0 Å². The van der Waals surface area contributed by atoms with Crippen LogP contribution in [0.5, 0.6) is 5.75 Å². The number of ether oxygens (including phenoxy) is 1. The van der Waals surface area contributed by atoms with E-state index < -0.39 is 11.0 Å². The molecule has 0 aliphatic heterocycles. The zero-order valence-electron chi connectivity index (χ0n) is 10.0. The molecule has 0 aromatic heterocycles. The van der Waals surface area contributed by atoms with Crippen LogP contribution in [0, 0.1) is 10.1 Å². The number of nitrogens with one attached hydrogen (secondary N) is 1. The van der Waals surface area contributed by atoms with Crippen LogP contribution >= 0.6 is 0 Å². The third-order valence-electron chi connectivity index (χ3n) is 2.32. The van der Waals surface area contributed by atoms with Crippen LogP contribution in [0.3, 0.4) is 0 Å². The van der Waals surface area contributed by atoms with Crippen molar-refractivity contribution >= 4 is 11.6 Å². The van der Waals surface area contributed by atoms with Gasteiger partial charge in [-0.1, -0.05) is 6.07 Å². The second-order valence-corrected chi connectivity index (χ2v) is 3.59. The summed E-state index contributed by atoms with van der Waals surface area (Å²) in [6, 6.07) is 4.08. The highest BCUT2D eigenvalue weighted by Gasteiger charge is 2.20. The molecule has 0 saturated heterocycles. The van der Waals surface area contributed by atoms with Crippen molar-refractivity contribution < 1.29 is 19.6 Å².